The molecule has 0 bridgehead atoms. The van der Waals surface area contributed by atoms with E-state index in [0.717, 1.165) is 34.1 Å². The molecule has 0 radical (unpaired) electrons. The molecule has 140 valence electrons. The number of nitrogens with one attached hydrogen (secondary N) is 1. The van der Waals surface area contributed by atoms with E-state index >= 15 is 0 Å². The molecule has 4 nitrogen and oxygen atoms in total. The zero-order valence-corrected chi connectivity index (χ0v) is 16.4. The molecule has 0 aliphatic heterocycles. The number of aryl methyl sites for hydroxylation is 3. The topological polar surface area (TPSA) is 51.2 Å². The fraction of sp³-hybridized carbons (Fsp3) is 0.304. The molecule has 1 aromatic heterocycles. The predicted molar refractivity (Wildman–Crippen MR) is 110 cm³/mol. The minimum atomic E-state index is -0.0748. The van der Waals surface area contributed by atoms with Crippen molar-refractivity contribution in [2.24, 2.45) is 0 Å². The molecule has 0 atom stereocenters. The van der Waals surface area contributed by atoms with Crippen LogP contribution >= 0.6 is 0 Å². The van der Waals surface area contributed by atoms with Gasteiger partial charge < -0.3 is 10.1 Å². The molecule has 0 fully saturated rings. The molecule has 3 rings (SSSR count). The number of nitrogens with zero attached hydrogens (tertiary/aromatic N) is 1. The monoisotopic (exact) mass is 362 g/mol. The van der Waals surface area contributed by atoms with Crippen LogP contribution in [0.1, 0.15) is 33.5 Å². The van der Waals surface area contributed by atoms with Crippen LogP contribution in [-0.2, 0) is 4.74 Å². The highest BCUT2D eigenvalue weighted by Crippen LogP contribution is 2.27. The van der Waals surface area contributed by atoms with Gasteiger partial charge in [-0.25, -0.2) is 4.98 Å². The number of hydrogen-bond acceptors (Lipinski definition) is 3. The van der Waals surface area contributed by atoms with Crippen molar-refractivity contribution in [2.75, 3.05) is 20.3 Å². The molecule has 1 N–H and O–H groups in total. The van der Waals surface area contributed by atoms with Crippen molar-refractivity contribution in [3.05, 3.63) is 64.7 Å². The molecule has 2 aromatic carbocycles. The van der Waals surface area contributed by atoms with Crippen molar-refractivity contribution >= 4 is 16.8 Å². The van der Waals surface area contributed by atoms with E-state index in [1.165, 1.54) is 11.1 Å². The van der Waals surface area contributed by atoms with Crippen LogP contribution in [0.4, 0.5) is 0 Å². The Morgan fingerprint density at radius 3 is 2.59 bits per heavy atom. The Bertz CT molecular complexity index is 980. The van der Waals surface area contributed by atoms with Crippen LogP contribution in [0.3, 0.4) is 0 Å². The first-order valence-corrected chi connectivity index (χ1v) is 9.26. The quantitative estimate of drug-likeness (QED) is 0.652. The summed E-state index contributed by atoms with van der Waals surface area (Å²) in [4.78, 5) is 17.7. The van der Waals surface area contributed by atoms with Crippen LogP contribution in [-0.4, -0.2) is 31.2 Å². The number of hydrogen-bond donors (Lipinski definition) is 1. The van der Waals surface area contributed by atoms with E-state index in [2.05, 4.69) is 37.4 Å². The number of ether oxygens (including phenoxy) is 1. The lowest BCUT2D eigenvalue weighted by Crippen LogP contribution is -2.25. The number of benzene rings is 2. The van der Waals surface area contributed by atoms with Crippen LogP contribution in [0, 0.1) is 20.8 Å². The zero-order chi connectivity index (χ0) is 19.4. The van der Waals surface area contributed by atoms with Crippen LogP contribution < -0.4 is 5.32 Å². The number of pyridine rings is 1. The molecule has 0 spiro atoms. The number of rotatable bonds is 6. The molecule has 0 saturated heterocycles. The maximum absolute atomic E-state index is 12.9. The molecule has 1 heterocycles. The molecule has 0 unspecified atom stereocenters. The van der Waals surface area contributed by atoms with Gasteiger partial charge in [-0.05, 0) is 62.6 Å². The first kappa shape index (κ1) is 19.1. The smallest absolute Gasteiger partial charge is 0.252 e. The van der Waals surface area contributed by atoms with Crippen molar-refractivity contribution in [3.63, 3.8) is 0 Å². The van der Waals surface area contributed by atoms with E-state index < -0.39 is 0 Å². The van der Waals surface area contributed by atoms with Crippen molar-refractivity contribution < 1.29 is 9.53 Å². The van der Waals surface area contributed by atoms with Crippen LogP contribution in [0.2, 0.25) is 0 Å². The average Bonchev–Trinajstić information content (AvgIpc) is 2.66. The van der Waals surface area contributed by atoms with E-state index in [1.54, 1.807) is 7.11 Å². The number of aromatic nitrogens is 1. The summed E-state index contributed by atoms with van der Waals surface area (Å²) in [6.07, 6.45) is 0.786. The standard InChI is InChI=1S/C23H26N2O2/c1-15-6-9-21-19(12-15)20(23(26)24-10-5-11-27-4)14-22(25-21)18-8-7-16(2)17(3)13-18/h6-9,12-14H,5,10-11H2,1-4H3,(H,24,26). The van der Waals surface area contributed by atoms with Gasteiger partial charge in [0.15, 0.2) is 0 Å². The lowest BCUT2D eigenvalue weighted by molar-refractivity contribution is 0.0950. The maximum Gasteiger partial charge on any atom is 0.252 e. The van der Waals surface area contributed by atoms with Gasteiger partial charge >= 0.3 is 0 Å². The number of methoxy groups -OCH3 is 1. The highest BCUT2D eigenvalue weighted by Gasteiger charge is 2.14. The lowest BCUT2D eigenvalue weighted by atomic mass is 10.00. The Balaban J connectivity index is 2.05. The summed E-state index contributed by atoms with van der Waals surface area (Å²) >= 11 is 0. The highest BCUT2D eigenvalue weighted by molar-refractivity contribution is 6.07. The number of amides is 1. The van der Waals surface area contributed by atoms with Crippen molar-refractivity contribution in [3.8, 4) is 11.3 Å². The Labute approximate surface area is 160 Å². The number of fused-ring (bicyclic) bond motifs is 1. The SMILES string of the molecule is COCCCNC(=O)c1cc(-c2ccc(C)c(C)c2)nc2ccc(C)cc12. The summed E-state index contributed by atoms with van der Waals surface area (Å²) in [5.41, 5.74) is 6.89. The van der Waals surface area contributed by atoms with E-state index in [4.69, 9.17) is 9.72 Å². The van der Waals surface area contributed by atoms with Crippen molar-refractivity contribution in [1.82, 2.24) is 10.3 Å². The van der Waals surface area contributed by atoms with Crippen LogP contribution in [0.25, 0.3) is 22.2 Å². The Morgan fingerprint density at radius 1 is 1.04 bits per heavy atom. The van der Waals surface area contributed by atoms with Crippen molar-refractivity contribution in [2.45, 2.75) is 27.2 Å². The molecular weight excluding hydrogens is 336 g/mol. The van der Waals surface area contributed by atoms with Crippen LogP contribution in [0.5, 0.6) is 0 Å². The number of carbonyl (C=O) groups excluding carboxylic acids is 1. The van der Waals surface area contributed by atoms with Gasteiger partial charge in [0.1, 0.15) is 0 Å². The highest BCUT2D eigenvalue weighted by atomic mass is 16.5. The van der Waals surface area contributed by atoms with Gasteiger partial charge in [0, 0.05) is 31.2 Å². The lowest BCUT2D eigenvalue weighted by Gasteiger charge is -2.12. The minimum Gasteiger partial charge on any atom is -0.385 e. The third-order valence-corrected chi connectivity index (χ3v) is 4.82. The van der Waals surface area contributed by atoms with Gasteiger partial charge in [-0.3, -0.25) is 4.79 Å². The second-order valence-corrected chi connectivity index (χ2v) is 6.98. The molecule has 4 heteroatoms. The van der Waals surface area contributed by atoms with E-state index in [9.17, 15) is 4.79 Å². The molecule has 0 aliphatic carbocycles. The van der Waals surface area contributed by atoms with Gasteiger partial charge in [0.05, 0.1) is 16.8 Å². The summed E-state index contributed by atoms with van der Waals surface area (Å²) in [6.45, 7) is 7.42. The molecule has 27 heavy (non-hydrogen) atoms. The average molecular weight is 362 g/mol. The van der Waals surface area contributed by atoms with E-state index in [0.29, 0.717) is 18.7 Å². The van der Waals surface area contributed by atoms with Gasteiger partial charge in [-0.15, -0.1) is 0 Å². The Hall–Kier alpha value is -2.72. The summed E-state index contributed by atoms with van der Waals surface area (Å²) < 4.78 is 5.05. The first-order chi connectivity index (χ1) is 13.0. The summed E-state index contributed by atoms with van der Waals surface area (Å²) in [6, 6.07) is 14.2. The van der Waals surface area contributed by atoms with E-state index in [1.807, 2.05) is 31.2 Å². The van der Waals surface area contributed by atoms with Gasteiger partial charge in [-0.1, -0.05) is 23.8 Å². The fourth-order valence-corrected chi connectivity index (χ4v) is 3.09. The molecule has 3 aromatic rings. The van der Waals surface area contributed by atoms with Gasteiger partial charge in [0.25, 0.3) is 5.91 Å². The minimum absolute atomic E-state index is 0.0748. The largest absolute Gasteiger partial charge is 0.385 e. The Kier molecular flexibility index (Phi) is 5.87. The Morgan fingerprint density at radius 2 is 1.85 bits per heavy atom. The molecule has 0 aliphatic rings. The molecule has 0 saturated carbocycles. The van der Waals surface area contributed by atoms with Gasteiger partial charge in [0.2, 0.25) is 0 Å². The first-order valence-electron chi connectivity index (χ1n) is 9.26. The third kappa shape index (κ3) is 4.34. The summed E-state index contributed by atoms with van der Waals surface area (Å²) in [5, 5.41) is 3.88. The molecule has 1 amide bonds. The second kappa shape index (κ2) is 8.31. The zero-order valence-electron chi connectivity index (χ0n) is 16.4. The van der Waals surface area contributed by atoms with Crippen LogP contribution in [0.15, 0.2) is 42.5 Å². The predicted octanol–water partition coefficient (Wildman–Crippen LogP) is 4.59. The number of carbonyl (C=O) groups is 1. The normalized spacial score (nSPS) is 11.0. The van der Waals surface area contributed by atoms with E-state index in [-0.39, 0.29) is 5.91 Å². The summed E-state index contributed by atoms with van der Waals surface area (Å²) in [5.74, 6) is -0.0748. The summed E-state index contributed by atoms with van der Waals surface area (Å²) in [7, 11) is 1.66. The third-order valence-electron chi connectivity index (χ3n) is 4.82. The fourth-order valence-electron chi connectivity index (χ4n) is 3.09. The molecular formula is C23H26N2O2. The van der Waals surface area contributed by atoms with Crippen molar-refractivity contribution in [1.29, 1.82) is 0 Å². The maximum atomic E-state index is 12.9. The second-order valence-electron chi connectivity index (χ2n) is 6.98. The van der Waals surface area contributed by atoms with Gasteiger partial charge in [-0.2, -0.15) is 0 Å².